The number of benzene rings is 1. The molecule has 0 radical (unpaired) electrons. The van der Waals surface area contributed by atoms with Gasteiger partial charge in [0.25, 0.3) is 0 Å². The Hall–Kier alpha value is -4.25. The van der Waals surface area contributed by atoms with Gasteiger partial charge in [0.1, 0.15) is 0 Å². The summed E-state index contributed by atoms with van der Waals surface area (Å²) in [6.45, 7) is 0.982. The van der Waals surface area contributed by atoms with E-state index in [0.717, 1.165) is 36.8 Å². The molecule has 2 atom stereocenters. The van der Waals surface area contributed by atoms with E-state index in [1.165, 1.54) is 0 Å². The molecule has 35 heavy (non-hydrogen) atoms. The maximum absolute atomic E-state index is 13.6. The van der Waals surface area contributed by atoms with Gasteiger partial charge >= 0.3 is 11.8 Å². The number of amides is 1. The van der Waals surface area contributed by atoms with Crippen LogP contribution >= 0.6 is 0 Å². The summed E-state index contributed by atoms with van der Waals surface area (Å²) in [6.07, 6.45) is 10.3. The molecule has 6 rings (SSSR count). The summed E-state index contributed by atoms with van der Waals surface area (Å²) in [6, 6.07) is 7.55. The number of nitriles is 2. The van der Waals surface area contributed by atoms with Crippen LogP contribution < -0.4 is 0 Å². The van der Waals surface area contributed by atoms with Crippen molar-refractivity contribution in [3.8, 4) is 23.7 Å². The number of carbonyl (C=O) groups is 1. The van der Waals surface area contributed by atoms with E-state index in [2.05, 4.69) is 32.8 Å². The van der Waals surface area contributed by atoms with Crippen molar-refractivity contribution in [3.05, 3.63) is 47.6 Å². The zero-order valence-electron chi connectivity index (χ0n) is 19.0. The highest BCUT2D eigenvalue weighted by molar-refractivity contribution is 5.90. The highest BCUT2D eigenvalue weighted by Gasteiger charge is 2.45. The van der Waals surface area contributed by atoms with Gasteiger partial charge in [0.15, 0.2) is 6.19 Å². The first-order valence-corrected chi connectivity index (χ1v) is 11.9. The number of carbonyl (C=O) groups excluding carboxylic acids is 1. The van der Waals surface area contributed by atoms with Crippen LogP contribution in [0.3, 0.4) is 0 Å². The summed E-state index contributed by atoms with van der Waals surface area (Å²) < 4.78 is 7.62. The first-order chi connectivity index (χ1) is 17.1. The van der Waals surface area contributed by atoms with E-state index in [0.29, 0.717) is 31.0 Å². The van der Waals surface area contributed by atoms with Gasteiger partial charge in [0.2, 0.25) is 5.89 Å². The number of hydrogen-bond acceptors (Lipinski definition) is 9. The van der Waals surface area contributed by atoms with E-state index in [-0.39, 0.29) is 35.8 Å². The highest BCUT2D eigenvalue weighted by Crippen LogP contribution is 2.44. The van der Waals surface area contributed by atoms with Crippen molar-refractivity contribution in [3.63, 3.8) is 0 Å². The van der Waals surface area contributed by atoms with Crippen LogP contribution in [0.15, 0.2) is 35.0 Å². The lowest BCUT2D eigenvalue weighted by molar-refractivity contribution is 0.0628. The summed E-state index contributed by atoms with van der Waals surface area (Å²) >= 11 is 0. The van der Waals surface area contributed by atoms with E-state index in [1.54, 1.807) is 34.1 Å². The van der Waals surface area contributed by atoms with E-state index >= 15 is 0 Å². The van der Waals surface area contributed by atoms with Crippen LogP contribution in [0.25, 0.3) is 11.5 Å². The minimum Gasteiger partial charge on any atom is -0.412 e. The Labute approximate surface area is 201 Å². The second-order valence-electron chi connectivity index (χ2n) is 9.46. The SMILES string of the molecule is N#Cc1ccc(C2CC2)c(-c2nnc(C(=O)N(C3CC3)[C@@H]3C[C@@H](Cn4ccnn4)N(C#N)C3)o2)c1. The molecule has 0 spiro atoms. The van der Waals surface area contributed by atoms with Crippen LogP contribution in [0.5, 0.6) is 0 Å². The Morgan fingerprint density at radius 3 is 2.71 bits per heavy atom. The summed E-state index contributed by atoms with van der Waals surface area (Å²) in [4.78, 5) is 17.1. The van der Waals surface area contributed by atoms with Crippen molar-refractivity contribution in [2.75, 3.05) is 6.54 Å². The molecule has 3 aliphatic rings. The largest absolute Gasteiger partial charge is 0.412 e. The normalized spacial score (nSPS) is 21.5. The molecule has 3 fully saturated rings. The fourth-order valence-corrected chi connectivity index (χ4v) is 5.01. The van der Waals surface area contributed by atoms with Gasteiger partial charge in [-0.3, -0.25) is 9.48 Å². The molecule has 11 heteroatoms. The fraction of sp³-hybridized carbons (Fsp3) is 0.458. The summed E-state index contributed by atoms with van der Waals surface area (Å²) in [7, 11) is 0. The van der Waals surface area contributed by atoms with Crippen molar-refractivity contribution in [2.45, 2.75) is 62.7 Å². The summed E-state index contributed by atoms with van der Waals surface area (Å²) in [5.41, 5.74) is 2.30. The van der Waals surface area contributed by atoms with Gasteiger partial charge < -0.3 is 14.2 Å². The molecule has 1 saturated heterocycles. The maximum Gasteiger partial charge on any atom is 0.311 e. The number of nitrogens with zero attached hydrogens (tertiary/aromatic N) is 9. The monoisotopic (exact) mass is 469 g/mol. The highest BCUT2D eigenvalue weighted by atomic mass is 16.4. The van der Waals surface area contributed by atoms with Gasteiger partial charge in [0, 0.05) is 24.3 Å². The van der Waals surface area contributed by atoms with E-state index in [9.17, 15) is 15.3 Å². The van der Waals surface area contributed by atoms with Crippen LogP contribution in [-0.2, 0) is 6.54 Å². The summed E-state index contributed by atoms with van der Waals surface area (Å²) in [5, 5.41) is 35.2. The van der Waals surface area contributed by atoms with Gasteiger partial charge in [-0.2, -0.15) is 10.5 Å². The molecular formula is C24H23N9O2. The van der Waals surface area contributed by atoms with E-state index in [4.69, 9.17) is 4.42 Å². The predicted octanol–water partition coefficient (Wildman–Crippen LogP) is 2.31. The lowest BCUT2D eigenvalue weighted by Gasteiger charge is -2.27. The lowest BCUT2D eigenvalue weighted by Crippen LogP contribution is -2.43. The molecule has 2 aliphatic carbocycles. The van der Waals surface area contributed by atoms with Crippen LogP contribution in [0.4, 0.5) is 0 Å². The number of hydrogen-bond donors (Lipinski definition) is 0. The zero-order valence-corrected chi connectivity index (χ0v) is 19.0. The molecule has 0 N–H and O–H groups in total. The van der Waals surface area contributed by atoms with Crippen LogP contribution in [0.1, 0.15) is 59.8 Å². The first kappa shape index (κ1) is 21.3. The third kappa shape index (κ3) is 4.10. The van der Waals surface area contributed by atoms with Crippen LogP contribution in [0.2, 0.25) is 0 Å². The van der Waals surface area contributed by atoms with E-state index in [1.807, 2.05) is 11.0 Å². The smallest absolute Gasteiger partial charge is 0.311 e. The average molecular weight is 470 g/mol. The Morgan fingerprint density at radius 1 is 1.17 bits per heavy atom. The Bertz CT molecular complexity index is 1330. The third-order valence-corrected chi connectivity index (χ3v) is 7.00. The van der Waals surface area contributed by atoms with Gasteiger partial charge in [-0.25, -0.2) is 0 Å². The quantitative estimate of drug-likeness (QED) is 0.477. The van der Waals surface area contributed by atoms with Crippen molar-refractivity contribution >= 4 is 5.91 Å². The second kappa shape index (κ2) is 8.51. The number of aromatic nitrogens is 5. The topological polar surface area (TPSA) is 141 Å². The first-order valence-electron chi connectivity index (χ1n) is 11.9. The molecule has 0 unspecified atom stereocenters. The minimum atomic E-state index is -0.306. The van der Waals surface area contributed by atoms with Crippen molar-refractivity contribution in [1.82, 2.24) is 35.0 Å². The van der Waals surface area contributed by atoms with Gasteiger partial charge in [-0.15, -0.1) is 15.3 Å². The number of rotatable bonds is 7. The molecular weight excluding hydrogens is 446 g/mol. The molecule has 1 amide bonds. The predicted molar refractivity (Wildman–Crippen MR) is 120 cm³/mol. The van der Waals surface area contributed by atoms with Gasteiger partial charge in [-0.1, -0.05) is 11.3 Å². The zero-order chi connectivity index (χ0) is 23.9. The van der Waals surface area contributed by atoms with Gasteiger partial charge in [0.05, 0.1) is 36.5 Å². The molecule has 0 bridgehead atoms. The van der Waals surface area contributed by atoms with Crippen molar-refractivity contribution in [2.24, 2.45) is 0 Å². The van der Waals surface area contributed by atoms with Crippen LogP contribution in [-0.4, -0.2) is 65.6 Å². The molecule has 3 heterocycles. The maximum atomic E-state index is 13.6. The number of likely N-dealkylation sites (tertiary alicyclic amines) is 1. The Morgan fingerprint density at radius 2 is 2.03 bits per heavy atom. The molecule has 176 valence electrons. The molecule has 3 aromatic rings. The molecule has 1 aliphatic heterocycles. The molecule has 1 aromatic carbocycles. The van der Waals surface area contributed by atoms with Crippen LogP contribution in [0, 0.1) is 22.8 Å². The second-order valence-corrected chi connectivity index (χ2v) is 9.46. The average Bonchev–Trinajstić information content (AvgIpc) is 3.74. The van der Waals surface area contributed by atoms with Gasteiger partial charge in [-0.05, 0) is 55.7 Å². The standard InChI is InChI=1S/C24H23N9O2/c25-11-15-1-6-20(16-2-3-16)21(9-15)22-28-29-23(35-22)24(34)33(17-4-5-17)19-10-18(31(12-19)14-26)13-32-8-7-27-30-32/h1,6-9,16-19H,2-5,10,12-13H2/t18-,19+/m0/s1. The summed E-state index contributed by atoms with van der Waals surface area (Å²) in [5.74, 6) is 0.320. The molecule has 2 saturated carbocycles. The molecule has 11 nitrogen and oxygen atoms in total. The minimum absolute atomic E-state index is 0.0563. The van der Waals surface area contributed by atoms with Crippen molar-refractivity contribution in [1.29, 1.82) is 10.5 Å². The van der Waals surface area contributed by atoms with Crippen molar-refractivity contribution < 1.29 is 9.21 Å². The van der Waals surface area contributed by atoms with E-state index < -0.39 is 0 Å². The Kier molecular flexibility index (Phi) is 5.18. The fourth-order valence-electron chi connectivity index (χ4n) is 5.01. The lowest BCUT2D eigenvalue weighted by atomic mass is 10.0. The molecule has 2 aromatic heterocycles. The third-order valence-electron chi connectivity index (χ3n) is 7.00. The Balaban J connectivity index is 1.25.